The fourth-order valence-electron chi connectivity index (χ4n) is 3.16. The van der Waals surface area contributed by atoms with Gasteiger partial charge in [0.15, 0.2) is 6.04 Å². The van der Waals surface area contributed by atoms with Gasteiger partial charge in [-0.2, -0.15) is 0 Å². The minimum atomic E-state index is -1.02. The van der Waals surface area contributed by atoms with Gasteiger partial charge in [0.2, 0.25) is 5.91 Å². The first kappa shape index (κ1) is 20.6. The van der Waals surface area contributed by atoms with Gasteiger partial charge in [-0.05, 0) is 30.9 Å². The van der Waals surface area contributed by atoms with Crippen molar-refractivity contribution in [3.05, 3.63) is 40.9 Å². The molecule has 0 fully saturated rings. The van der Waals surface area contributed by atoms with Crippen molar-refractivity contribution in [1.29, 1.82) is 0 Å². The van der Waals surface area contributed by atoms with E-state index in [9.17, 15) is 14.5 Å². The molecule has 1 amide bonds. The number of aromatic nitrogens is 1. The van der Waals surface area contributed by atoms with Crippen LogP contribution in [0.3, 0.4) is 0 Å². The molecule has 1 aromatic carbocycles. The molecule has 0 bridgehead atoms. The molecule has 0 saturated heterocycles. The molecule has 0 aliphatic rings. The number of hydrogen-bond donors (Lipinski definition) is 1. The summed E-state index contributed by atoms with van der Waals surface area (Å²) in [5.41, 5.74) is 1.96. The van der Waals surface area contributed by atoms with Crippen LogP contribution in [-0.2, 0) is 27.8 Å². The minimum absolute atomic E-state index is 0.137. The Bertz CT molecular complexity index is 813. The number of nitroso groups, excluding NO2 is 1. The van der Waals surface area contributed by atoms with E-state index in [1.165, 1.54) is 0 Å². The smallest absolute Gasteiger partial charge is 0.328 e. The van der Waals surface area contributed by atoms with E-state index in [1.807, 2.05) is 55.9 Å². The maximum atomic E-state index is 12.5. The van der Waals surface area contributed by atoms with E-state index < -0.39 is 24.0 Å². The second kappa shape index (κ2) is 9.30. The van der Waals surface area contributed by atoms with E-state index in [-0.39, 0.29) is 18.9 Å². The van der Waals surface area contributed by atoms with Crippen molar-refractivity contribution in [1.82, 2.24) is 9.88 Å². The molecule has 2 rings (SSSR count). The molecule has 1 heterocycles. The molecule has 1 aromatic heterocycles. The first-order valence-electron chi connectivity index (χ1n) is 9.19. The lowest BCUT2D eigenvalue weighted by Gasteiger charge is -2.19. The summed E-state index contributed by atoms with van der Waals surface area (Å²) in [6, 6.07) is 5.95. The van der Waals surface area contributed by atoms with Gasteiger partial charge in [0.05, 0.1) is 6.61 Å². The molecule has 2 aromatic rings. The summed E-state index contributed by atoms with van der Waals surface area (Å²) in [7, 11) is 1.93. The molecular formula is C20H27N3O4. The first-order valence-corrected chi connectivity index (χ1v) is 9.19. The number of amides is 1. The Morgan fingerprint density at radius 2 is 1.96 bits per heavy atom. The number of fused-ring (bicyclic) bond motifs is 1. The monoisotopic (exact) mass is 373 g/mol. The van der Waals surface area contributed by atoms with Crippen molar-refractivity contribution in [2.45, 2.75) is 45.7 Å². The maximum absolute atomic E-state index is 12.5. The highest BCUT2D eigenvalue weighted by Gasteiger charge is 2.28. The highest BCUT2D eigenvalue weighted by molar-refractivity contribution is 5.89. The molecule has 0 unspecified atom stereocenters. The number of rotatable bonds is 9. The number of benzene rings is 1. The van der Waals surface area contributed by atoms with E-state index in [0.717, 1.165) is 16.5 Å². The SMILES string of the molecule is CCOC(=O)[C@@H](Cc1cn(C)c2ccccc12)NC(=O)[C@H](CC(C)C)N=O. The van der Waals surface area contributed by atoms with Gasteiger partial charge in [-0.3, -0.25) is 4.79 Å². The molecule has 27 heavy (non-hydrogen) atoms. The standard InChI is InChI=1S/C20H27N3O4/c1-5-27-20(25)17(21-19(24)16(22-26)10-13(2)3)11-14-12-23(4)18-9-7-6-8-15(14)18/h6-9,12-13,16-17H,5,10-11H2,1-4H3,(H,21,24)/t16-,17+/m0/s1. The van der Waals surface area contributed by atoms with Crippen LogP contribution in [0, 0.1) is 10.8 Å². The number of hydrogen-bond acceptors (Lipinski definition) is 5. The van der Waals surface area contributed by atoms with Crippen LogP contribution >= 0.6 is 0 Å². The molecule has 0 saturated carbocycles. The van der Waals surface area contributed by atoms with Crippen LogP contribution in [0.15, 0.2) is 35.6 Å². The predicted molar refractivity (Wildman–Crippen MR) is 104 cm³/mol. The first-order chi connectivity index (χ1) is 12.9. The van der Waals surface area contributed by atoms with E-state index >= 15 is 0 Å². The number of nitrogens with zero attached hydrogens (tertiary/aromatic N) is 2. The normalized spacial score (nSPS) is 13.4. The number of aryl methyl sites for hydroxylation is 1. The average molecular weight is 373 g/mol. The van der Waals surface area contributed by atoms with Gasteiger partial charge in [0.25, 0.3) is 0 Å². The van der Waals surface area contributed by atoms with E-state index in [0.29, 0.717) is 6.42 Å². The summed E-state index contributed by atoms with van der Waals surface area (Å²) in [4.78, 5) is 35.9. The Hall–Kier alpha value is -2.70. The van der Waals surface area contributed by atoms with Gasteiger partial charge in [0, 0.05) is 30.6 Å². The second-order valence-corrected chi connectivity index (χ2v) is 7.05. The molecule has 0 spiro atoms. The molecule has 7 heteroatoms. The van der Waals surface area contributed by atoms with Crippen LogP contribution in [0.4, 0.5) is 0 Å². The van der Waals surface area contributed by atoms with Gasteiger partial charge in [0.1, 0.15) is 6.04 Å². The van der Waals surface area contributed by atoms with E-state index in [2.05, 4.69) is 10.5 Å². The van der Waals surface area contributed by atoms with Crippen LogP contribution in [0.25, 0.3) is 10.9 Å². The Balaban J connectivity index is 2.25. The van der Waals surface area contributed by atoms with Gasteiger partial charge >= 0.3 is 5.97 Å². The van der Waals surface area contributed by atoms with Crippen molar-refractivity contribution >= 4 is 22.8 Å². The number of nitrogens with one attached hydrogen (secondary N) is 1. The van der Waals surface area contributed by atoms with Crippen molar-refractivity contribution in [3.63, 3.8) is 0 Å². The third-order valence-electron chi connectivity index (χ3n) is 4.42. The highest BCUT2D eigenvalue weighted by atomic mass is 16.5. The molecule has 1 N–H and O–H groups in total. The largest absolute Gasteiger partial charge is 0.464 e. The van der Waals surface area contributed by atoms with Crippen LogP contribution in [0.2, 0.25) is 0 Å². The average Bonchev–Trinajstić information content (AvgIpc) is 2.95. The zero-order valence-corrected chi connectivity index (χ0v) is 16.3. The van der Waals surface area contributed by atoms with Crippen LogP contribution in [0.1, 0.15) is 32.8 Å². The summed E-state index contributed by atoms with van der Waals surface area (Å²) in [6.45, 7) is 5.74. The Morgan fingerprint density at radius 1 is 1.26 bits per heavy atom. The lowest BCUT2D eigenvalue weighted by atomic mass is 10.0. The fraction of sp³-hybridized carbons (Fsp3) is 0.500. The van der Waals surface area contributed by atoms with Gasteiger partial charge in [-0.25, -0.2) is 4.79 Å². The fourth-order valence-corrected chi connectivity index (χ4v) is 3.16. The molecule has 0 aliphatic carbocycles. The van der Waals surface area contributed by atoms with Gasteiger partial charge < -0.3 is 14.6 Å². The summed E-state index contributed by atoms with van der Waals surface area (Å²) in [6.07, 6.45) is 2.55. The number of esters is 1. The molecular weight excluding hydrogens is 346 g/mol. The highest BCUT2D eigenvalue weighted by Crippen LogP contribution is 2.22. The van der Waals surface area contributed by atoms with Crippen LogP contribution < -0.4 is 5.32 Å². The van der Waals surface area contributed by atoms with Gasteiger partial charge in [-0.15, -0.1) is 4.91 Å². The Kier molecular flexibility index (Phi) is 7.10. The molecule has 2 atom stereocenters. The van der Waals surface area contributed by atoms with Gasteiger partial charge in [-0.1, -0.05) is 37.2 Å². The molecule has 0 aliphatic heterocycles. The van der Waals surface area contributed by atoms with Crippen molar-refractivity contribution < 1.29 is 14.3 Å². The maximum Gasteiger partial charge on any atom is 0.328 e. The van der Waals surface area contributed by atoms with Crippen LogP contribution in [-0.4, -0.2) is 35.1 Å². The lowest BCUT2D eigenvalue weighted by molar-refractivity contribution is -0.147. The quantitative estimate of drug-likeness (QED) is 0.540. The van der Waals surface area contributed by atoms with Crippen LogP contribution in [0.5, 0.6) is 0 Å². The topological polar surface area (TPSA) is 89.8 Å². The third kappa shape index (κ3) is 5.15. The summed E-state index contributed by atoms with van der Waals surface area (Å²) in [5.74, 6) is -0.928. The summed E-state index contributed by atoms with van der Waals surface area (Å²) in [5, 5.41) is 6.60. The Morgan fingerprint density at radius 3 is 2.59 bits per heavy atom. The number of carbonyl (C=O) groups excluding carboxylic acids is 2. The van der Waals surface area contributed by atoms with Crippen molar-refractivity contribution in [3.8, 4) is 0 Å². The molecule has 7 nitrogen and oxygen atoms in total. The number of ether oxygens (including phenoxy) is 1. The van der Waals surface area contributed by atoms with Crippen molar-refractivity contribution in [2.75, 3.05) is 6.61 Å². The Labute approximate surface area is 159 Å². The summed E-state index contributed by atoms with van der Waals surface area (Å²) < 4.78 is 7.10. The van der Waals surface area contributed by atoms with E-state index in [4.69, 9.17) is 4.74 Å². The number of para-hydroxylation sites is 1. The lowest BCUT2D eigenvalue weighted by Crippen LogP contribution is -2.47. The second-order valence-electron chi connectivity index (χ2n) is 7.05. The summed E-state index contributed by atoms with van der Waals surface area (Å²) >= 11 is 0. The number of carbonyl (C=O) groups is 2. The minimum Gasteiger partial charge on any atom is -0.464 e. The zero-order valence-electron chi connectivity index (χ0n) is 16.3. The zero-order chi connectivity index (χ0) is 20.0. The van der Waals surface area contributed by atoms with E-state index in [1.54, 1.807) is 6.92 Å². The van der Waals surface area contributed by atoms with Crippen molar-refractivity contribution in [2.24, 2.45) is 18.1 Å². The molecule has 0 radical (unpaired) electrons. The third-order valence-corrected chi connectivity index (χ3v) is 4.42. The molecule has 146 valence electrons. The predicted octanol–water partition coefficient (Wildman–Crippen LogP) is 2.95.